The van der Waals surface area contributed by atoms with Crippen molar-refractivity contribution in [1.82, 2.24) is 14.7 Å². The van der Waals surface area contributed by atoms with Crippen LogP contribution in [0.15, 0.2) is 33.8 Å². The van der Waals surface area contributed by atoms with Crippen LogP contribution in [0.3, 0.4) is 0 Å². The first-order valence-corrected chi connectivity index (χ1v) is 7.59. The zero-order valence-electron chi connectivity index (χ0n) is 10.2. The van der Waals surface area contributed by atoms with Crippen molar-refractivity contribution in [1.29, 1.82) is 0 Å². The summed E-state index contributed by atoms with van der Waals surface area (Å²) in [4.78, 5) is 5.32. The highest BCUT2D eigenvalue weighted by molar-refractivity contribution is 8.01. The summed E-state index contributed by atoms with van der Waals surface area (Å²) >= 11 is 9.27. The molecule has 0 unspecified atom stereocenters. The van der Waals surface area contributed by atoms with E-state index < -0.39 is 0 Å². The fourth-order valence-electron chi connectivity index (χ4n) is 1.41. The Balaban J connectivity index is 2.20. The molecule has 2 aromatic rings. The molecule has 0 spiro atoms. The largest absolute Gasteiger partial charge is 0.310 e. The molecular formula is C12H14ClN3S2. The molecule has 0 fully saturated rings. The van der Waals surface area contributed by atoms with E-state index in [4.69, 9.17) is 11.6 Å². The fourth-order valence-corrected chi connectivity index (χ4v) is 3.28. The van der Waals surface area contributed by atoms with Gasteiger partial charge in [0, 0.05) is 22.5 Å². The number of aromatic nitrogens is 2. The van der Waals surface area contributed by atoms with Gasteiger partial charge < -0.3 is 5.32 Å². The van der Waals surface area contributed by atoms with E-state index in [9.17, 15) is 0 Å². The fraction of sp³-hybridized carbons (Fsp3) is 0.333. The third-order valence-electron chi connectivity index (χ3n) is 2.30. The summed E-state index contributed by atoms with van der Waals surface area (Å²) < 4.78 is 4.94. The molecule has 0 radical (unpaired) electrons. The Morgan fingerprint density at radius 3 is 2.94 bits per heavy atom. The second-order valence-corrected chi connectivity index (χ2v) is 6.54. The first kappa shape index (κ1) is 13.8. The molecule has 0 aliphatic carbocycles. The average Bonchev–Trinajstić information content (AvgIpc) is 2.81. The number of halogens is 1. The molecule has 96 valence electrons. The van der Waals surface area contributed by atoms with Crippen LogP contribution in [0, 0.1) is 0 Å². The summed E-state index contributed by atoms with van der Waals surface area (Å²) in [5.74, 6) is 0. The highest BCUT2D eigenvalue weighted by atomic mass is 35.5. The van der Waals surface area contributed by atoms with Crippen molar-refractivity contribution in [3.8, 4) is 0 Å². The first-order valence-electron chi connectivity index (χ1n) is 5.62. The molecule has 0 bridgehead atoms. The molecule has 18 heavy (non-hydrogen) atoms. The summed E-state index contributed by atoms with van der Waals surface area (Å²) in [5.41, 5.74) is 1.12. The van der Waals surface area contributed by atoms with Gasteiger partial charge in [0.15, 0.2) is 4.34 Å². The molecule has 1 N–H and O–H groups in total. The first-order chi connectivity index (χ1) is 8.66. The summed E-state index contributed by atoms with van der Waals surface area (Å²) in [5, 5.41) is 4.18. The second-order valence-electron chi connectivity index (χ2n) is 4.06. The van der Waals surface area contributed by atoms with Gasteiger partial charge in [-0.25, -0.2) is 4.98 Å². The SMILES string of the molecule is CC(C)NCc1c(Cl)cccc1Sc1ncns1. The molecule has 3 nitrogen and oxygen atoms in total. The van der Waals surface area contributed by atoms with Crippen LogP contribution >= 0.6 is 34.9 Å². The molecule has 0 aliphatic rings. The topological polar surface area (TPSA) is 37.8 Å². The summed E-state index contributed by atoms with van der Waals surface area (Å²) in [6, 6.07) is 6.38. The van der Waals surface area contributed by atoms with Gasteiger partial charge in [-0.2, -0.15) is 4.37 Å². The Bertz CT molecular complexity index is 500. The Hall–Kier alpha value is -0.620. The van der Waals surface area contributed by atoms with Gasteiger partial charge in [0.2, 0.25) is 0 Å². The van der Waals surface area contributed by atoms with E-state index >= 15 is 0 Å². The Morgan fingerprint density at radius 2 is 2.28 bits per heavy atom. The van der Waals surface area contributed by atoms with Crippen molar-refractivity contribution in [3.05, 3.63) is 35.1 Å². The normalized spacial score (nSPS) is 11.1. The maximum absolute atomic E-state index is 6.27. The van der Waals surface area contributed by atoms with Gasteiger partial charge in [0.25, 0.3) is 0 Å². The van der Waals surface area contributed by atoms with Gasteiger partial charge in [-0.05, 0) is 29.2 Å². The van der Waals surface area contributed by atoms with Gasteiger partial charge in [0.1, 0.15) is 6.33 Å². The van der Waals surface area contributed by atoms with Crippen molar-refractivity contribution in [2.45, 2.75) is 35.7 Å². The van der Waals surface area contributed by atoms with E-state index in [0.717, 1.165) is 26.4 Å². The van der Waals surface area contributed by atoms with Gasteiger partial charge >= 0.3 is 0 Å². The highest BCUT2D eigenvalue weighted by Crippen LogP contribution is 2.34. The predicted octanol–water partition coefficient (Wildman–Crippen LogP) is 3.84. The van der Waals surface area contributed by atoms with Crippen LogP contribution in [-0.4, -0.2) is 15.4 Å². The summed E-state index contributed by atoms with van der Waals surface area (Å²) in [6.45, 7) is 5.00. The zero-order chi connectivity index (χ0) is 13.0. The van der Waals surface area contributed by atoms with E-state index in [1.165, 1.54) is 11.5 Å². The molecule has 0 aliphatic heterocycles. The van der Waals surface area contributed by atoms with Gasteiger partial charge in [-0.3, -0.25) is 0 Å². The summed E-state index contributed by atoms with van der Waals surface area (Å²) in [6.07, 6.45) is 1.57. The van der Waals surface area contributed by atoms with E-state index in [1.54, 1.807) is 18.1 Å². The summed E-state index contributed by atoms with van der Waals surface area (Å²) in [7, 11) is 0. The van der Waals surface area contributed by atoms with Crippen molar-refractivity contribution in [3.63, 3.8) is 0 Å². The lowest BCUT2D eigenvalue weighted by Crippen LogP contribution is -2.22. The lowest BCUT2D eigenvalue weighted by molar-refractivity contribution is 0.585. The number of benzene rings is 1. The molecule has 1 aromatic carbocycles. The van der Waals surface area contributed by atoms with E-state index in [-0.39, 0.29) is 0 Å². The average molecular weight is 300 g/mol. The minimum atomic E-state index is 0.431. The predicted molar refractivity (Wildman–Crippen MR) is 77.5 cm³/mol. The molecule has 0 saturated heterocycles. The molecule has 0 saturated carbocycles. The quantitative estimate of drug-likeness (QED) is 0.910. The second kappa shape index (κ2) is 6.52. The molecule has 1 aromatic heterocycles. The Labute approximate surface area is 120 Å². The van der Waals surface area contributed by atoms with Gasteiger partial charge in [0.05, 0.1) is 0 Å². The maximum Gasteiger partial charge on any atom is 0.174 e. The van der Waals surface area contributed by atoms with Crippen LogP contribution in [0.5, 0.6) is 0 Å². The number of rotatable bonds is 5. The van der Waals surface area contributed by atoms with E-state index in [1.807, 2.05) is 12.1 Å². The smallest absolute Gasteiger partial charge is 0.174 e. The maximum atomic E-state index is 6.27. The van der Waals surface area contributed by atoms with Crippen LogP contribution < -0.4 is 5.32 Å². The van der Waals surface area contributed by atoms with E-state index in [2.05, 4.69) is 34.6 Å². The Kier molecular flexibility index (Phi) is 5.00. The molecular weight excluding hydrogens is 286 g/mol. The number of nitrogens with zero attached hydrogens (tertiary/aromatic N) is 2. The highest BCUT2D eigenvalue weighted by Gasteiger charge is 2.10. The third-order valence-corrected chi connectivity index (χ3v) is 4.47. The lowest BCUT2D eigenvalue weighted by Gasteiger charge is -2.13. The van der Waals surface area contributed by atoms with Crippen LogP contribution in [0.4, 0.5) is 0 Å². The zero-order valence-corrected chi connectivity index (χ0v) is 12.6. The molecule has 1 heterocycles. The monoisotopic (exact) mass is 299 g/mol. The third kappa shape index (κ3) is 3.68. The van der Waals surface area contributed by atoms with Crippen LogP contribution in [-0.2, 0) is 6.54 Å². The number of hydrogen-bond acceptors (Lipinski definition) is 5. The minimum Gasteiger partial charge on any atom is -0.310 e. The molecule has 0 atom stereocenters. The van der Waals surface area contributed by atoms with E-state index in [0.29, 0.717) is 6.04 Å². The lowest BCUT2D eigenvalue weighted by atomic mass is 10.2. The van der Waals surface area contributed by atoms with Crippen molar-refractivity contribution < 1.29 is 0 Å². The molecule has 2 rings (SSSR count). The standard InChI is InChI=1S/C12H14ClN3S2/c1-8(2)14-6-9-10(13)4-3-5-11(9)17-12-15-7-16-18-12/h3-5,7-8,14H,6H2,1-2H3. The molecule has 0 amide bonds. The van der Waals surface area contributed by atoms with Crippen LogP contribution in [0.2, 0.25) is 5.02 Å². The molecule has 6 heteroatoms. The van der Waals surface area contributed by atoms with Crippen molar-refractivity contribution in [2.75, 3.05) is 0 Å². The van der Waals surface area contributed by atoms with Crippen LogP contribution in [0.25, 0.3) is 0 Å². The van der Waals surface area contributed by atoms with Gasteiger partial charge in [-0.15, -0.1) is 0 Å². The van der Waals surface area contributed by atoms with Gasteiger partial charge in [-0.1, -0.05) is 43.3 Å². The van der Waals surface area contributed by atoms with Crippen LogP contribution in [0.1, 0.15) is 19.4 Å². The number of nitrogens with one attached hydrogen (secondary N) is 1. The van der Waals surface area contributed by atoms with Crippen molar-refractivity contribution in [2.24, 2.45) is 0 Å². The minimum absolute atomic E-state index is 0.431. The number of hydrogen-bond donors (Lipinski definition) is 1. The van der Waals surface area contributed by atoms with Crippen molar-refractivity contribution >= 4 is 34.9 Å². The Morgan fingerprint density at radius 1 is 1.44 bits per heavy atom.